The molecule has 6 heteroatoms. The number of ether oxygens (including phenoxy) is 1. The maximum Gasteiger partial charge on any atom is 0.322 e. The average Bonchev–Trinajstić information content (AvgIpc) is 3.20. The number of carbonyl (C=O) groups excluding carboxylic acids is 1. The van der Waals surface area contributed by atoms with Gasteiger partial charge in [0.05, 0.1) is 24.5 Å². The molecule has 1 saturated heterocycles. The van der Waals surface area contributed by atoms with E-state index < -0.39 is 0 Å². The summed E-state index contributed by atoms with van der Waals surface area (Å²) in [6.45, 7) is 6.69. The molecule has 0 radical (unpaired) electrons. The lowest BCUT2D eigenvalue weighted by Crippen LogP contribution is -2.35. The Morgan fingerprint density at radius 3 is 2.96 bits per heavy atom. The molecule has 1 aliphatic heterocycles. The molecule has 0 aliphatic carbocycles. The Labute approximate surface area is 148 Å². The molecular weight excluding hydrogens is 318 g/mol. The number of methoxy groups -OCH3 is 1. The fourth-order valence-corrected chi connectivity index (χ4v) is 3.52. The first kappa shape index (κ1) is 17.3. The number of carbonyl (C=O) groups is 1. The molecule has 0 spiro atoms. The number of aromatic nitrogens is 1. The number of benzene rings is 1. The van der Waals surface area contributed by atoms with Crippen molar-refractivity contribution in [2.75, 3.05) is 19.0 Å². The molecule has 6 nitrogen and oxygen atoms in total. The van der Waals surface area contributed by atoms with E-state index in [2.05, 4.69) is 10.5 Å². The number of aryl methyl sites for hydroxylation is 3. The first-order chi connectivity index (χ1) is 12.0. The van der Waals surface area contributed by atoms with Gasteiger partial charge in [-0.3, -0.25) is 0 Å². The van der Waals surface area contributed by atoms with Gasteiger partial charge in [-0.25, -0.2) is 4.79 Å². The summed E-state index contributed by atoms with van der Waals surface area (Å²) in [7, 11) is 1.60. The normalized spacial score (nSPS) is 17.0. The van der Waals surface area contributed by atoms with Crippen molar-refractivity contribution in [1.29, 1.82) is 0 Å². The van der Waals surface area contributed by atoms with Crippen LogP contribution in [0.2, 0.25) is 0 Å². The van der Waals surface area contributed by atoms with Crippen LogP contribution in [0.1, 0.15) is 48.4 Å². The minimum atomic E-state index is -0.117. The smallest absolute Gasteiger partial charge is 0.322 e. The highest BCUT2D eigenvalue weighted by Gasteiger charge is 2.34. The van der Waals surface area contributed by atoms with E-state index in [-0.39, 0.29) is 12.1 Å². The molecule has 0 bridgehead atoms. The first-order valence-electron chi connectivity index (χ1n) is 8.72. The molecule has 1 aliphatic rings. The van der Waals surface area contributed by atoms with Gasteiger partial charge < -0.3 is 19.5 Å². The number of rotatable bonds is 4. The molecular formula is C19H25N3O3. The van der Waals surface area contributed by atoms with E-state index in [1.54, 1.807) is 7.11 Å². The van der Waals surface area contributed by atoms with Gasteiger partial charge in [-0.15, -0.1) is 0 Å². The van der Waals surface area contributed by atoms with Crippen LogP contribution in [-0.4, -0.2) is 29.7 Å². The van der Waals surface area contributed by atoms with Gasteiger partial charge in [0.1, 0.15) is 11.5 Å². The largest absolute Gasteiger partial charge is 0.495 e. The number of nitrogens with one attached hydrogen (secondary N) is 1. The van der Waals surface area contributed by atoms with E-state index in [0.717, 1.165) is 48.4 Å². The second-order valence-corrected chi connectivity index (χ2v) is 6.44. The Morgan fingerprint density at radius 1 is 1.44 bits per heavy atom. The van der Waals surface area contributed by atoms with Crippen LogP contribution in [0.4, 0.5) is 10.5 Å². The third-order valence-electron chi connectivity index (χ3n) is 4.75. The van der Waals surface area contributed by atoms with Crippen LogP contribution in [0.3, 0.4) is 0 Å². The summed E-state index contributed by atoms with van der Waals surface area (Å²) in [5.41, 5.74) is 3.69. The maximum absolute atomic E-state index is 12.9. The molecule has 1 fully saturated rings. The van der Waals surface area contributed by atoms with E-state index in [1.165, 1.54) is 0 Å². The van der Waals surface area contributed by atoms with Crippen molar-refractivity contribution >= 4 is 11.7 Å². The molecule has 0 saturated carbocycles. The summed E-state index contributed by atoms with van der Waals surface area (Å²) in [5, 5.41) is 7.10. The average molecular weight is 343 g/mol. The van der Waals surface area contributed by atoms with Crippen molar-refractivity contribution in [3.05, 3.63) is 40.8 Å². The Hall–Kier alpha value is -2.50. The Bertz CT molecular complexity index is 769. The Balaban J connectivity index is 1.84. The number of urea groups is 1. The fraction of sp³-hybridized carbons (Fsp3) is 0.474. The van der Waals surface area contributed by atoms with Gasteiger partial charge in [0.25, 0.3) is 0 Å². The lowest BCUT2D eigenvalue weighted by Gasteiger charge is -2.25. The van der Waals surface area contributed by atoms with Crippen molar-refractivity contribution in [2.45, 2.75) is 46.1 Å². The van der Waals surface area contributed by atoms with Crippen LogP contribution in [0, 0.1) is 13.8 Å². The molecule has 1 aromatic carbocycles. The first-order valence-corrected chi connectivity index (χ1v) is 8.72. The molecule has 25 heavy (non-hydrogen) atoms. The van der Waals surface area contributed by atoms with Crippen LogP contribution in [-0.2, 0) is 6.42 Å². The van der Waals surface area contributed by atoms with Crippen LogP contribution in [0.5, 0.6) is 5.75 Å². The highest BCUT2D eigenvalue weighted by molar-refractivity contribution is 5.91. The quantitative estimate of drug-likeness (QED) is 0.902. The molecule has 2 aromatic rings. The van der Waals surface area contributed by atoms with Gasteiger partial charge in [-0.1, -0.05) is 18.1 Å². The van der Waals surface area contributed by atoms with Crippen LogP contribution in [0.25, 0.3) is 0 Å². The molecule has 1 N–H and O–H groups in total. The number of likely N-dealkylation sites (tertiary alicyclic amines) is 1. The van der Waals surface area contributed by atoms with Gasteiger partial charge in [0.15, 0.2) is 0 Å². The highest BCUT2D eigenvalue weighted by atomic mass is 16.5. The fourth-order valence-electron chi connectivity index (χ4n) is 3.52. The van der Waals surface area contributed by atoms with Crippen molar-refractivity contribution in [3.8, 4) is 5.75 Å². The SMILES string of the molecule is CCc1onc(C)c1[C@H]1CCCN1C(=O)Nc1cc(C)ccc1OC. The van der Waals surface area contributed by atoms with Gasteiger partial charge in [0.2, 0.25) is 0 Å². The summed E-state index contributed by atoms with van der Waals surface area (Å²) in [6.07, 6.45) is 2.66. The molecule has 3 rings (SSSR count). The van der Waals surface area contributed by atoms with E-state index >= 15 is 0 Å². The highest BCUT2D eigenvalue weighted by Crippen LogP contribution is 2.37. The second kappa shape index (κ2) is 7.17. The number of hydrogen-bond acceptors (Lipinski definition) is 4. The zero-order chi connectivity index (χ0) is 18.0. The van der Waals surface area contributed by atoms with E-state index in [1.807, 2.05) is 43.9 Å². The minimum Gasteiger partial charge on any atom is -0.495 e. The molecule has 134 valence electrons. The molecule has 0 unspecified atom stereocenters. The van der Waals surface area contributed by atoms with Crippen molar-refractivity contribution in [2.24, 2.45) is 0 Å². The zero-order valence-electron chi connectivity index (χ0n) is 15.3. The summed E-state index contributed by atoms with van der Waals surface area (Å²) in [4.78, 5) is 14.8. The predicted molar refractivity (Wildman–Crippen MR) is 96.0 cm³/mol. The van der Waals surface area contributed by atoms with Crippen molar-refractivity contribution < 1.29 is 14.1 Å². The number of hydrogen-bond donors (Lipinski definition) is 1. The summed E-state index contributed by atoms with van der Waals surface area (Å²) >= 11 is 0. The monoisotopic (exact) mass is 343 g/mol. The van der Waals surface area contributed by atoms with Gasteiger partial charge >= 0.3 is 6.03 Å². The molecule has 2 heterocycles. The van der Waals surface area contributed by atoms with Gasteiger partial charge in [-0.05, 0) is 44.4 Å². The van der Waals surface area contributed by atoms with Crippen LogP contribution < -0.4 is 10.1 Å². The Kier molecular flexibility index (Phi) is 4.97. The standard InChI is InChI=1S/C19H25N3O3/c1-5-16-18(13(3)21-25-16)15-7-6-10-22(15)19(23)20-14-11-12(2)8-9-17(14)24-4/h8-9,11,15H,5-7,10H2,1-4H3,(H,20,23)/t15-/m1/s1. The number of nitrogens with zero attached hydrogens (tertiary/aromatic N) is 2. The molecule has 2 amide bonds. The Morgan fingerprint density at radius 2 is 2.24 bits per heavy atom. The minimum absolute atomic E-state index is 0.0111. The number of anilines is 1. The predicted octanol–water partition coefficient (Wildman–Crippen LogP) is 4.23. The van der Waals surface area contributed by atoms with E-state index in [4.69, 9.17) is 9.26 Å². The van der Waals surface area contributed by atoms with Gasteiger partial charge in [0, 0.05) is 18.5 Å². The summed E-state index contributed by atoms with van der Waals surface area (Å²) < 4.78 is 10.8. The van der Waals surface area contributed by atoms with Crippen molar-refractivity contribution in [1.82, 2.24) is 10.1 Å². The topological polar surface area (TPSA) is 67.6 Å². The lowest BCUT2D eigenvalue weighted by atomic mass is 10.0. The third kappa shape index (κ3) is 3.34. The van der Waals surface area contributed by atoms with E-state index in [9.17, 15) is 4.79 Å². The molecule has 1 aromatic heterocycles. The second-order valence-electron chi connectivity index (χ2n) is 6.44. The van der Waals surface area contributed by atoms with E-state index in [0.29, 0.717) is 11.4 Å². The summed E-state index contributed by atoms with van der Waals surface area (Å²) in [5.74, 6) is 1.53. The lowest BCUT2D eigenvalue weighted by molar-refractivity contribution is 0.206. The molecule has 1 atom stereocenters. The summed E-state index contributed by atoms with van der Waals surface area (Å²) in [6, 6.07) is 5.64. The third-order valence-corrected chi connectivity index (χ3v) is 4.75. The van der Waals surface area contributed by atoms with Crippen LogP contribution >= 0.6 is 0 Å². The number of amides is 2. The van der Waals surface area contributed by atoms with Crippen molar-refractivity contribution in [3.63, 3.8) is 0 Å². The van der Waals surface area contributed by atoms with Gasteiger partial charge in [-0.2, -0.15) is 0 Å². The maximum atomic E-state index is 12.9. The zero-order valence-corrected chi connectivity index (χ0v) is 15.3. The van der Waals surface area contributed by atoms with Crippen LogP contribution in [0.15, 0.2) is 22.7 Å².